The molecule has 0 aliphatic rings. The number of H-pyrrole nitrogens is 1. The van der Waals surface area contributed by atoms with Crippen molar-refractivity contribution in [3.8, 4) is 0 Å². The summed E-state index contributed by atoms with van der Waals surface area (Å²) in [5, 5.41) is 4.15. The predicted molar refractivity (Wildman–Crippen MR) is 97.6 cm³/mol. The van der Waals surface area contributed by atoms with Crippen LogP contribution in [-0.2, 0) is 16.9 Å². The Morgan fingerprint density at radius 2 is 1.88 bits per heavy atom. The molecular formula is C20H23N3O. The van der Waals surface area contributed by atoms with E-state index in [0.717, 1.165) is 16.6 Å². The van der Waals surface area contributed by atoms with Crippen LogP contribution in [0.15, 0.2) is 48.5 Å². The van der Waals surface area contributed by atoms with Gasteiger partial charge in [-0.3, -0.25) is 4.79 Å². The molecular weight excluding hydrogens is 298 g/mol. The molecule has 24 heavy (non-hydrogen) atoms. The number of amides is 1. The van der Waals surface area contributed by atoms with Crippen LogP contribution in [0.2, 0.25) is 0 Å². The van der Waals surface area contributed by atoms with E-state index < -0.39 is 5.54 Å². The number of rotatable bonds is 4. The Kier molecular flexibility index (Phi) is 4.16. The molecule has 1 unspecified atom stereocenters. The minimum absolute atomic E-state index is 0.184. The third-order valence-corrected chi connectivity index (χ3v) is 4.67. The van der Waals surface area contributed by atoms with Crippen LogP contribution in [0.3, 0.4) is 0 Å². The van der Waals surface area contributed by atoms with Crippen molar-refractivity contribution < 1.29 is 4.79 Å². The first-order valence-corrected chi connectivity index (χ1v) is 8.10. The number of carbonyl (C=O) groups is 1. The van der Waals surface area contributed by atoms with E-state index in [-0.39, 0.29) is 5.91 Å². The Labute approximate surface area is 142 Å². The van der Waals surface area contributed by atoms with Crippen molar-refractivity contribution in [3.05, 3.63) is 70.9 Å². The van der Waals surface area contributed by atoms with Gasteiger partial charge in [-0.25, -0.2) is 0 Å². The van der Waals surface area contributed by atoms with Gasteiger partial charge in [0, 0.05) is 23.1 Å². The van der Waals surface area contributed by atoms with Crippen LogP contribution in [0.4, 0.5) is 0 Å². The molecule has 0 spiro atoms. The molecule has 4 heteroatoms. The number of fused-ring (bicyclic) bond motifs is 1. The smallest absolute Gasteiger partial charge is 0.244 e. The third kappa shape index (κ3) is 2.93. The van der Waals surface area contributed by atoms with Gasteiger partial charge in [0.2, 0.25) is 5.91 Å². The normalized spacial score (nSPS) is 13.7. The highest BCUT2D eigenvalue weighted by molar-refractivity contribution is 5.87. The maximum Gasteiger partial charge on any atom is 0.244 e. The first kappa shape index (κ1) is 16.3. The molecule has 1 aromatic heterocycles. The van der Waals surface area contributed by atoms with Crippen molar-refractivity contribution in [2.45, 2.75) is 32.9 Å². The van der Waals surface area contributed by atoms with E-state index in [0.29, 0.717) is 6.54 Å². The van der Waals surface area contributed by atoms with Crippen molar-refractivity contribution in [1.29, 1.82) is 0 Å². The van der Waals surface area contributed by atoms with E-state index >= 15 is 0 Å². The second kappa shape index (κ2) is 6.13. The molecule has 1 amide bonds. The van der Waals surface area contributed by atoms with Crippen molar-refractivity contribution in [3.63, 3.8) is 0 Å². The maximum absolute atomic E-state index is 12.5. The fraction of sp³-hybridized carbons (Fsp3) is 0.250. The molecule has 3 aromatic rings. The Morgan fingerprint density at radius 3 is 2.58 bits per heavy atom. The lowest BCUT2D eigenvalue weighted by Crippen LogP contribution is -2.48. The highest BCUT2D eigenvalue weighted by atomic mass is 16.2. The molecule has 0 saturated heterocycles. The summed E-state index contributed by atoms with van der Waals surface area (Å²) in [5.74, 6) is -0.184. The topological polar surface area (TPSA) is 70.9 Å². The molecule has 0 aliphatic heterocycles. The van der Waals surface area contributed by atoms with Crippen LogP contribution < -0.4 is 11.1 Å². The highest BCUT2D eigenvalue weighted by Gasteiger charge is 2.29. The molecule has 0 saturated carbocycles. The predicted octanol–water partition coefficient (Wildman–Crippen LogP) is 3.28. The molecule has 1 heterocycles. The molecule has 0 aliphatic carbocycles. The van der Waals surface area contributed by atoms with Gasteiger partial charge >= 0.3 is 0 Å². The maximum atomic E-state index is 12.5. The standard InChI is InChI=1S/C20H23N3O/c1-13-14(2)23-18-10-9-15(11-17(13)18)12-22-19(24)20(3,21)16-7-5-4-6-8-16/h4-11,23H,12,21H2,1-3H3,(H,22,24). The molecule has 124 valence electrons. The van der Waals surface area contributed by atoms with Gasteiger partial charge < -0.3 is 16.0 Å². The van der Waals surface area contributed by atoms with Gasteiger partial charge in [0.15, 0.2) is 0 Å². The van der Waals surface area contributed by atoms with E-state index in [9.17, 15) is 4.79 Å². The minimum atomic E-state index is -1.05. The molecule has 4 nitrogen and oxygen atoms in total. The Bertz CT molecular complexity index is 879. The number of carbonyl (C=O) groups excluding carboxylic acids is 1. The zero-order chi connectivity index (χ0) is 17.3. The lowest BCUT2D eigenvalue weighted by atomic mass is 9.92. The number of hydrogen-bond acceptors (Lipinski definition) is 2. The van der Waals surface area contributed by atoms with Crippen LogP contribution in [0.5, 0.6) is 0 Å². The van der Waals surface area contributed by atoms with Crippen LogP contribution in [0.25, 0.3) is 10.9 Å². The second-order valence-electron chi connectivity index (χ2n) is 6.51. The summed E-state index contributed by atoms with van der Waals surface area (Å²) in [6.45, 7) is 6.36. The Morgan fingerprint density at radius 1 is 1.17 bits per heavy atom. The summed E-state index contributed by atoms with van der Waals surface area (Å²) in [7, 11) is 0. The van der Waals surface area contributed by atoms with Gasteiger partial charge in [0.1, 0.15) is 5.54 Å². The SMILES string of the molecule is Cc1[nH]c2ccc(CNC(=O)C(C)(N)c3ccccc3)cc2c1C. The summed E-state index contributed by atoms with van der Waals surface area (Å²) in [6, 6.07) is 15.6. The monoisotopic (exact) mass is 321 g/mol. The van der Waals surface area contributed by atoms with Crippen molar-refractivity contribution >= 4 is 16.8 Å². The van der Waals surface area contributed by atoms with Crippen LogP contribution >= 0.6 is 0 Å². The van der Waals surface area contributed by atoms with E-state index in [1.807, 2.05) is 36.4 Å². The van der Waals surface area contributed by atoms with Gasteiger partial charge in [-0.05, 0) is 49.6 Å². The first-order valence-electron chi connectivity index (χ1n) is 8.10. The summed E-state index contributed by atoms with van der Waals surface area (Å²) in [4.78, 5) is 15.9. The average Bonchev–Trinajstić information content (AvgIpc) is 2.87. The Balaban J connectivity index is 1.75. The zero-order valence-corrected chi connectivity index (χ0v) is 14.3. The van der Waals surface area contributed by atoms with E-state index in [1.165, 1.54) is 16.6 Å². The summed E-state index contributed by atoms with van der Waals surface area (Å²) in [5.41, 5.74) is 10.6. The molecule has 0 bridgehead atoms. The first-order chi connectivity index (χ1) is 11.4. The van der Waals surface area contributed by atoms with Crippen LogP contribution in [-0.4, -0.2) is 10.9 Å². The van der Waals surface area contributed by atoms with Gasteiger partial charge in [0.05, 0.1) is 0 Å². The van der Waals surface area contributed by atoms with Gasteiger partial charge in [0.25, 0.3) is 0 Å². The quantitative estimate of drug-likeness (QED) is 0.690. The molecule has 2 aromatic carbocycles. The lowest BCUT2D eigenvalue weighted by Gasteiger charge is -2.24. The molecule has 0 radical (unpaired) electrons. The van der Waals surface area contributed by atoms with Crippen molar-refractivity contribution in [2.75, 3.05) is 0 Å². The molecule has 3 rings (SSSR count). The number of aromatic nitrogens is 1. The van der Waals surface area contributed by atoms with Crippen LogP contribution in [0.1, 0.15) is 29.3 Å². The van der Waals surface area contributed by atoms with Crippen molar-refractivity contribution in [2.24, 2.45) is 5.73 Å². The lowest BCUT2D eigenvalue weighted by molar-refractivity contribution is -0.126. The summed E-state index contributed by atoms with van der Waals surface area (Å²) in [6.07, 6.45) is 0. The summed E-state index contributed by atoms with van der Waals surface area (Å²) >= 11 is 0. The molecule has 0 fully saturated rings. The summed E-state index contributed by atoms with van der Waals surface area (Å²) < 4.78 is 0. The van der Waals surface area contributed by atoms with Gasteiger partial charge in [-0.2, -0.15) is 0 Å². The fourth-order valence-electron chi connectivity index (χ4n) is 2.90. The number of hydrogen-bond donors (Lipinski definition) is 3. The number of nitrogens with one attached hydrogen (secondary N) is 2. The second-order valence-corrected chi connectivity index (χ2v) is 6.51. The largest absolute Gasteiger partial charge is 0.358 e. The molecule has 1 atom stereocenters. The van der Waals surface area contributed by atoms with Crippen molar-refractivity contribution in [1.82, 2.24) is 10.3 Å². The highest BCUT2D eigenvalue weighted by Crippen LogP contribution is 2.23. The number of aromatic amines is 1. The third-order valence-electron chi connectivity index (χ3n) is 4.67. The number of aryl methyl sites for hydroxylation is 2. The van der Waals surface area contributed by atoms with Crippen LogP contribution in [0, 0.1) is 13.8 Å². The van der Waals surface area contributed by atoms with E-state index in [1.54, 1.807) is 6.92 Å². The van der Waals surface area contributed by atoms with Gasteiger partial charge in [-0.15, -0.1) is 0 Å². The fourth-order valence-corrected chi connectivity index (χ4v) is 2.90. The van der Waals surface area contributed by atoms with Gasteiger partial charge in [-0.1, -0.05) is 36.4 Å². The molecule has 4 N–H and O–H groups in total. The van der Waals surface area contributed by atoms with E-state index in [4.69, 9.17) is 5.73 Å². The number of nitrogens with two attached hydrogens (primary N) is 1. The Hall–Kier alpha value is -2.59. The average molecular weight is 321 g/mol. The zero-order valence-electron chi connectivity index (χ0n) is 14.3. The minimum Gasteiger partial charge on any atom is -0.358 e. The number of benzene rings is 2. The van der Waals surface area contributed by atoms with E-state index in [2.05, 4.69) is 36.3 Å².